The fourth-order valence-electron chi connectivity index (χ4n) is 3.79. The van der Waals surface area contributed by atoms with Crippen LogP contribution >= 0.6 is 11.3 Å². The van der Waals surface area contributed by atoms with E-state index in [1.54, 1.807) is 18.2 Å². The van der Waals surface area contributed by atoms with E-state index in [0.29, 0.717) is 35.5 Å². The molecule has 1 saturated heterocycles. The van der Waals surface area contributed by atoms with Crippen molar-refractivity contribution in [2.45, 2.75) is 31.9 Å². The quantitative estimate of drug-likeness (QED) is 0.748. The van der Waals surface area contributed by atoms with Gasteiger partial charge in [-0.1, -0.05) is 0 Å². The molecule has 1 fully saturated rings. The Morgan fingerprint density at radius 3 is 3.00 bits per heavy atom. The van der Waals surface area contributed by atoms with Gasteiger partial charge in [0.15, 0.2) is 16.6 Å². The van der Waals surface area contributed by atoms with Crippen molar-refractivity contribution in [3.8, 4) is 11.5 Å². The normalized spacial score (nSPS) is 20.1. The van der Waals surface area contributed by atoms with Gasteiger partial charge in [0.1, 0.15) is 6.10 Å². The van der Waals surface area contributed by atoms with E-state index in [9.17, 15) is 9.59 Å². The highest BCUT2D eigenvalue weighted by Crippen LogP contribution is 2.34. The Morgan fingerprint density at radius 1 is 1.23 bits per heavy atom. The molecule has 4 heterocycles. The van der Waals surface area contributed by atoms with Crippen LogP contribution < -0.4 is 20.1 Å². The predicted molar refractivity (Wildman–Crippen MR) is 110 cm³/mol. The number of fused-ring (bicyclic) bond motifs is 2. The number of carbonyl (C=O) groups is 2. The van der Waals surface area contributed by atoms with Crippen LogP contribution in [0.4, 0.5) is 10.8 Å². The maximum atomic E-state index is 12.5. The predicted octanol–water partition coefficient (Wildman–Crippen LogP) is 1.99. The summed E-state index contributed by atoms with van der Waals surface area (Å²) in [7, 11) is 0. The molecule has 5 rings (SSSR count). The van der Waals surface area contributed by atoms with Crippen molar-refractivity contribution in [1.29, 1.82) is 0 Å². The Balaban J connectivity index is 1.16. The van der Waals surface area contributed by atoms with E-state index >= 15 is 0 Å². The van der Waals surface area contributed by atoms with Gasteiger partial charge in [0, 0.05) is 42.7 Å². The van der Waals surface area contributed by atoms with Gasteiger partial charge in [-0.25, -0.2) is 4.98 Å². The van der Waals surface area contributed by atoms with E-state index in [2.05, 4.69) is 20.5 Å². The molecule has 3 aliphatic heterocycles. The van der Waals surface area contributed by atoms with Crippen LogP contribution in [0.2, 0.25) is 0 Å². The highest BCUT2D eigenvalue weighted by molar-refractivity contribution is 7.15. The number of nitrogens with zero attached hydrogens (tertiary/aromatic N) is 2. The summed E-state index contributed by atoms with van der Waals surface area (Å²) >= 11 is 1.47. The molecule has 1 atom stereocenters. The van der Waals surface area contributed by atoms with Crippen LogP contribution in [-0.2, 0) is 27.3 Å². The lowest BCUT2D eigenvalue weighted by Crippen LogP contribution is -2.36. The molecule has 0 aliphatic carbocycles. The zero-order valence-electron chi connectivity index (χ0n) is 16.3. The number of carbonyl (C=O) groups excluding carboxylic acids is 2. The molecule has 2 N–H and O–H groups in total. The van der Waals surface area contributed by atoms with Crippen molar-refractivity contribution in [3.05, 3.63) is 28.8 Å². The Morgan fingerprint density at radius 2 is 2.13 bits per heavy atom. The minimum absolute atomic E-state index is 0.0891. The van der Waals surface area contributed by atoms with Crippen LogP contribution in [0.25, 0.3) is 0 Å². The van der Waals surface area contributed by atoms with Crippen LogP contribution in [0.15, 0.2) is 18.2 Å². The van der Waals surface area contributed by atoms with Gasteiger partial charge in [0.2, 0.25) is 12.7 Å². The summed E-state index contributed by atoms with van der Waals surface area (Å²) in [6.07, 6.45) is 2.04. The summed E-state index contributed by atoms with van der Waals surface area (Å²) in [5, 5.41) is 6.38. The van der Waals surface area contributed by atoms with Crippen molar-refractivity contribution in [2.24, 2.45) is 0 Å². The highest BCUT2D eigenvalue weighted by Gasteiger charge is 2.27. The third-order valence-corrected chi connectivity index (χ3v) is 6.28. The summed E-state index contributed by atoms with van der Waals surface area (Å²) in [5.74, 6) is 1.11. The van der Waals surface area contributed by atoms with Crippen LogP contribution in [0.5, 0.6) is 11.5 Å². The highest BCUT2D eigenvalue weighted by atomic mass is 32.1. The third-order valence-electron chi connectivity index (χ3n) is 5.29. The zero-order chi connectivity index (χ0) is 20.5. The number of ether oxygens (including phenoxy) is 3. The lowest BCUT2D eigenvalue weighted by Gasteiger charge is -2.25. The molecule has 158 valence electrons. The molecule has 2 aromatic rings. The second kappa shape index (κ2) is 8.21. The smallest absolute Gasteiger partial charge is 0.255 e. The number of aromatic nitrogens is 1. The molecular formula is C20H22N4O5S. The van der Waals surface area contributed by atoms with E-state index in [4.69, 9.17) is 14.2 Å². The first kappa shape index (κ1) is 19.3. The summed E-state index contributed by atoms with van der Waals surface area (Å²) in [4.78, 5) is 32.4. The number of nitrogens with one attached hydrogen (secondary N) is 2. The van der Waals surface area contributed by atoms with Gasteiger partial charge in [0.25, 0.3) is 5.91 Å². The molecule has 10 heteroatoms. The standard InChI is InChI=1S/C20H22N4O5S/c25-18(21-12-3-4-14-16(8-12)29-11-28-14)10-24-6-5-13-17(9-24)30-20(22-13)23-19(26)15-2-1-7-27-15/h3-4,8,15H,1-2,5-7,9-11H2,(H,21,25)(H,22,23,26). The molecule has 0 bridgehead atoms. The first-order chi connectivity index (χ1) is 14.6. The molecule has 3 aliphatic rings. The monoisotopic (exact) mass is 430 g/mol. The molecule has 1 aromatic carbocycles. The van der Waals surface area contributed by atoms with Crippen LogP contribution in [0.3, 0.4) is 0 Å². The molecule has 0 saturated carbocycles. The zero-order valence-corrected chi connectivity index (χ0v) is 17.1. The average Bonchev–Trinajstić information content (AvgIpc) is 3.47. The SMILES string of the molecule is O=C(CN1CCc2nc(NC(=O)C3CCCO3)sc2C1)Nc1ccc2c(c1)OCO2. The van der Waals surface area contributed by atoms with Crippen molar-refractivity contribution < 1.29 is 23.8 Å². The van der Waals surface area contributed by atoms with E-state index in [0.717, 1.165) is 36.4 Å². The topological polar surface area (TPSA) is 102 Å². The summed E-state index contributed by atoms with van der Waals surface area (Å²) in [6.45, 7) is 2.49. The van der Waals surface area contributed by atoms with Gasteiger partial charge in [0.05, 0.1) is 12.2 Å². The number of hydrogen-bond acceptors (Lipinski definition) is 8. The largest absolute Gasteiger partial charge is 0.454 e. The van der Waals surface area contributed by atoms with Crippen molar-refractivity contribution in [3.63, 3.8) is 0 Å². The summed E-state index contributed by atoms with van der Waals surface area (Å²) < 4.78 is 16.1. The number of benzene rings is 1. The Kier molecular flexibility index (Phi) is 5.28. The van der Waals surface area contributed by atoms with Crippen molar-refractivity contribution in [1.82, 2.24) is 9.88 Å². The van der Waals surface area contributed by atoms with Gasteiger partial charge >= 0.3 is 0 Å². The molecule has 1 unspecified atom stereocenters. The molecule has 1 aromatic heterocycles. The minimum Gasteiger partial charge on any atom is -0.454 e. The van der Waals surface area contributed by atoms with Gasteiger partial charge in [-0.05, 0) is 25.0 Å². The van der Waals surface area contributed by atoms with E-state index < -0.39 is 0 Å². The molecule has 9 nitrogen and oxygen atoms in total. The fourth-order valence-corrected chi connectivity index (χ4v) is 4.84. The Bertz CT molecular complexity index is 972. The first-order valence-electron chi connectivity index (χ1n) is 9.97. The van der Waals surface area contributed by atoms with Gasteiger partial charge in [-0.3, -0.25) is 19.8 Å². The minimum atomic E-state index is -0.373. The van der Waals surface area contributed by atoms with Crippen LogP contribution in [-0.4, -0.2) is 54.3 Å². The number of hydrogen-bond donors (Lipinski definition) is 2. The molecule has 0 spiro atoms. The van der Waals surface area contributed by atoms with Crippen molar-refractivity contribution in [2.75, 3.05) is 37.1 Å². The second-order valence-corrected chi connectivity index (χ2v) is 8.54. The maximum absolute atomic E-state index is 12.5. The molecular weight excluding hydrogens is 408 g/mol. The van der Waals surface area contributed by atoms with E-state index in [-0.39, 0.29) is 31.3 Å². The van der Waals surface area contributed by atoms with Crippen LogP contribution in [0.1, 0.15) is 23.4 Å². The Labute approximate surface area is 177 Å². The average molecular weight is 430 g/mol. The molecule has 0 radical (unpaired) electrons. The van der Waals surface area contributed by atoms with Crippen LogP contribution in [0, 0.1) is 0 Å². The lowest BCUT2D eigenvalue weighted by atomic mass is 10.2. The second-order valence-electron chi connectivity index (χ2n) is 7.46. The summed E-state index contributed by atoms with van der Waals surface area (Å²) in [5.41, 5.74) is 1.67. The maximum Gasteiger partial charge on any atom is 0.255 e. The van der Waals surface area contributed by atoms with Gasteiger partial charge < -0.3 is 19.5 Å². The number of amides is 2. The molecule has 30 heavy (non-hydrogen) atoms. The molecule has 2 amide bonds. The first-order valence-corrected chi connectivity index (χ1v) is 10.8. The lowest BCUT2D eigenvalue weighted by molar-refractivity contribution is -0.124. The summed E-state index contributed by atoms with van der Waals surface area (Å²) in [6, 6.07) is 5.35. The van der Waals surface area contributed by atoms with E-state index in [1.807, 2.05) is 0 Å². The fraction of sp³-hybridized carbons (Fsp3) is 0.450. The third kappa shape index (κ3) is 4.11. The Hall–Kier alpha value is -2.69. The van der Waals surface area contributed by atoms with E-state index in [1.165, 1.54) is 11.3 Å². The number of thiazole rings is 1. The number of anilines is 2. The number of rotatable bonds is 5. The van der Waals surface area contributed by atoms with Gasteiger partial charge in [-0.15, -0.1) is 11.3 Å². The van der Waals surface area contributed by atoms with Crippen molar-refractivity contribution >= 4 is 34.0 Å². The van der Waals surface area contributed by atoms with Gasteiger partial charge in [-0.2, -0.15) is 0 Å².